The van der Waals surface area contributed by atoms with E-state index in [1.165, 1.54) is 0 Å². The molecule has 0 aromatic heterocycles. The van der Waals surface area contributed by atoms with E-state index in [2.05, 4.69) is 37.9 Å². The van der Waals surface area contributed by atoms with Gasteiger partial charge in [0.25, 0.3) is 5.91 Å². The fourth-order valence-corrected chi connectivity index (χ4v) is 2.69. The molecular weight excluding hydrogens is 324 g/mol. The zero-order valence-electron chi connectivity index (χ0n) is 16.3. The highest BCUT2D eigenvalue weighted by molar-refractivity contribution is 6.04. The lowest BCUT2D eigenvalue weighted by Gasteiger charge is -2.21. The van der Waals surface area contributed by atoms with Crippen LogP contribution in [0.3, 0.4) is 0 Å². The molecular formula is C22H30N2O2. The van der Waals surface area contributed by atoms with Gasteiger partial charge >= 0.3 is 0 Å². The summed E-state index contributed by atoms with van der Waals surface area (Å²) in [6.07, 6.45) is 0.995. The first-order valence-corrected chi connectivity index (χ1v) is 9.42. The third kappa shape index (κ3) is 5.80. The van der Waals surface area contributed by atoms with Crippen molar-refractivity contribution in [2.24, 2.45) is 5.92 Å². The SMILES string of the molecule is CCN(CC)c1ccc(NC(=O)c2cccc(OCCC(C)C)c2)cc1. The van der Waals surface area contributed by atoms with Crippen molar-refractivity contribution in [1.29, 1.82) is 0 Å². The van der Waals surface area contributed by atoms with Crippen LogP contribution in [-0.4, -0.2) is 25.6 Å². The number of nitrogens with zero attached hydrogens (tertiary/aromatic N) is 1. The number of ether oxygens (including phenoxy) is 1. The minimum atomic E-state index is -0.130. The van der Waals surface area contributed by atoms with E-state index in [0.717, 1.165) is 36.6 Å². The van der Waals surface area contributed by atoms with E-state index < -0.39 is 0 Å². The molecule has 2 rings (SSSR count). The maximum Gasteiger partial charge on any atom is 0.255 e. The Morgan fingerprint density at radius 3 is 2.38 bits per heavy atom. The van der Waals surface area contributed by atoms with Crippen molar-refractivity contribution in [1.82, 2.24) is 0 Å². The molecule has 0 fully saturated rings. The van der Waals surface area contributed by atoms with Gasteiger partial charge in [0, 0.05) is 30.0 Å². The Morgan fingerprint density at radius 2 is 1.77 bits per heavy atom. The van der Waals surface area contributed by atoms with E-state index in [0.29, 0.717) is 18.1 Å². The largest absolute Gasteiger partial charge is 0.494 e. The first-order chi connectivity index (χ1) is 12.5. The van der Waals surface area contributed by atoms with Crippen LogP contribution in [0.5, 0.6) is 5.75 Å². The van der Waals surface area contributed by atoms with Crippen LogP contribution in [0.15, 0.2) is 48.5 Å². The highest BCUT2D eigenvalue weighted by Gasteiger charge is 2.08. The summed E-state index contributed by atoms with van der Waals surface area (Å²) in [5.74, 6) is 1.20. The molecule has 4 heteroatoms. The molecule has 140 valence electrons. The molecule has 26 heavy (non-hydrogen) atoms. The van der Waals surface area contributed by atoms with E-state index in [-0.39, 0.29) is 5.91 Å². The van der Waals surface area contributed by atoms with Gasteiger partial charge in [-0.1, -0.05) is 19.9 Å². The molecule has 0 radical (unpaired) electrons. The fraction of sp³-hybridized carbons (Fsp3) is 0.409. The number of anilines is 2. The highest BCUT2D eigenvalue weighted by Crippen LogP contribution is 2.19. The van der Waals surface area contributed by atoms with Crippen molar-refractivity contribution in [2.45, 2.75) is 34.1 Å². The molecule has 1 N–H and O–H groups in total. The van der Waals surface area contributed by atoms with Crippen LogP contribution in [-0.2, 0) is 0 Å². The quantitative estimate of drug-likeness (QED) is 0.672. The van der Waals surface area contributed by atoms with Gasteiger partial charge in [-0.05, 0) is 68.7 Å². The maximum atomic E-state index is 12.5. The lowest BCUT2D eigenvalue weighted by Crippen LogP contribution is -2.21. The molecule has 4 nitrogen and oxygen atoms in total. The molecule has 0 unspecified atom stereocenters. The highest BCUT2D eigenvalue weighted by atomic mass is 16.5. The summed E-state index contributed by atoms with van der Waals surface area (Å²) in [6, 6.07) is 15.3. The number of carbonyl (C=O) groups is 1. The standard InChI is InChI=1S/C22H30N2O2/c1-5-24(6-2)20-12-10-19(11-13-20)23-22(25)18-8-7-9-21(16-18)26-15-14-17(3)4/h7-13,16-17H,5-6,14-15H2,1-4H3,(H,23,25). The van der Waals surface area contributed by atoms with Crippen LogP contribution in [0.1, 0.15) is 44.5 Å². The van der Waals surface area contributed by atoms with Crippen molar-refractivity contribution in [3.8, 4) is 5.75 Å². The summed E-state index contributed by atoms with van der Waals surface area (Å²) in [4.78, 5) is 14.8. The maximum absolute atomic E-state index is 12.5. The van der Waals surface area contributed by atoms with Gasteiger partial charge in [0.2, 0.25) is 0 Å². The van der Waals surface area contributed by atoms with Gasteiger partial charge in [-0.15, -0.1) is 0 Å². The number of rotatable bonds is 9. The van der Waals surface area contributed by atoms with Gasteiger partial charge in [-0.2, -0.15) is 0 Å². The normalized spacial score (nSPS) is 10.7. The van der Waals surface area contributed by atoms with Crippen molar-refractivity contribution in [2.75, 3.05) is 29.9 Å². The van der Waals surface area contributed by atoms with E-state index in [1.54, 1.807) is 12.1 Å². The zero-order valence-corrected chi connectivity index (χ0v) is 16.3. The molecule has 0 saturated carbocycles. The first kappa shape index (κ1) is 19.8. The van der Waals surface area contributed by atoms with Gasteiger partial charge < -0.3 is 15.0 Å². The zero-order chi connectivity index (χ0) is 18.9. The Morgan fingerprint density at radius 1 is 1.08 bits per heavy atom. The van der Waals surface area contributed by atoms with Crippen LogP contribution in [0.25, 0.3) is 0 Å². The van der Waals surface area contributed by atoms with Crippen molar-refractivity contribution >= 4 is 17.3 Å². The van der Waals surface area contributed by atoms with Crippen molar-refractivity contribution in [3.63, 3.8) is 0 Å². The third-order valence-corrected chi connectivity index (χ3v) is 4.31. The molecule has 0 bridgehead atoms. The summed E-state index contributed by atoms with van der Waals surface area (Å²) in [5, 5.41) is 2.95. The van der Waals surface area contributed by atoms with Crippen LogP contribution < -0.4 is 15.0 Å². The number of carbonyl (C=O) groups excluding carboxylic acids is 1. The molecule has 0 saturated heterocycles. The smallest absolute Gasteiger partial charge is 0.255 e. The second kappa shape index (κ2) is 9.85. The molecule has 2 aromatic carbocycles. The lowest BCUT2D eigenvalue weighted by atomic mass is 10.1. The summed E-state index contributed by atoms with van der Waals surface area (Å²) in [5.41, 5.74) is 2.55. The van der Waals surface area contributed by atoms with Crippen LogP contribution in [0, 0.1) is 5.92 Å². The van der Waals surface area contributed by atoms with Crippen LogP contribution >= 0.6 is 0 Å². The summed E-state index contributed by atoms with van der Waals surface area (Å²) < 4.78 is 5.74. The molecule has 1 amide bonds. The van der Waals surface area contributed by atoms with E-state index in [9.17, 15) is 4.79 Å². The minimum Gasteiger partial charge on any atom is -0.494 e. The second-order valence-electron chi connectivity index (χ2n) is 6.73. The minimum absolute atomic E-state index is 0.130. The van der Waals surface area contributed by atoms with Gasteiger partial charge in [-0.25, -0.2) is 0 Å². The van der Waals surface area contributed by atoms with Crippen LogP contribution in [0.4, 0.5) is 11.4 Å². The van der Waals surface area contributed by atoms with Gasteiger partial charge in [0.1, 0.15) is 5.75 Å². The van der Waals surface area contributed by atoms with Crippen LogP contribution in [0.2, 0.25) is 0 Å². The Labute approximate surface area is 157 Å². The Bertz CT molecular complexity index is 692. The Kier molecular flexibility index (Phi) is 7.52. The first-order valence-electron chi connectivity index (χ1n) is 9.42. The number of nitrogens with one attached hydrogen (secondary N) is 1. The molecule has 0 spiro atoms. The topological polar surface area (TPSA) is 41.6 Å². The fourth-order valence-electron chi connectivity index (χ4n) is 2.69. The molecule has 0 aliphatic heterocycles. The number of amides is 1. The van der Waals surface area contributed by atoms with E-state index >= 15 is 0 Å². The number of benzene rings is 2. The van der Waals surface area contributed by atoms with E-state index in [1.807, 2.05) is 36.4 Å². The third-order valence-electron chi connectivity index (χ3n) is 4.31. The average Bonchev–Trinajstić information content (AvgIpc) is 2.64. The number of hydrogen-bond acceptors (Lipinski definition) is 3. The lowest BCUT2D eigenvalue weighted by molar-refractivity contribution is 0.102. The molecule has 2 aromatic rings. The molecule has 0 aliphatic carbocycles. The Balaban J connectivity index is 1.99. The van der Waals surface area contributed by atoms with Gasteiger partial charge in [0.15, 0.2) is 0 Å². The summed E-state index contributed by atoms with van der Waals surface area (Å²) >= 11 is 0. The monoisotopic (exact) mass is 354 g/mol. The second-order valence-corrected chi connectivity index (χ2v) is 6.73. The molecule has 0 aliphatic rings. The molecule has 0 heterocycles. The molecule has 0 atom stereocenters. The average molecular weight is 354 g/mol. The Hall–Kier alpha value is -2.49. The predicted molar refractivity (Wildman–Crippen MR) is 109 cm³/mol. The van der Waals surface area contributed by atoms with Gasteiger partial charge in [-0.3, -0.25) is 4.79 Å². The van der Waals surface area contributed by atoms with Crippen molar-refractivity contribution in [3.05, 3.63) is 54.1 Å². The summed E-state index contributed by atoms with van der Waals surface area (Å²) in [6.45, 7) is 11.2. The number of hydrogen-bond donors (Lipinski definition) is 1. The predicted octanol–water partition coefficient (Wildman–Crippen LogP) is 5.21. The van der Waals surface area contributed by atoms with Gasteiger partial charge in [0.05, 0.1) is 6.61 Å². The van der Waals surface area contributed by atoms with E-state index in [4.69, 9.17) is 4.74 Å². The summed E-state index contributed by atoms with van der Waals surface area (Å²) in [7, 11) is 0. The van der Waals surface area contributed by atoms with Crippen molar-refractivity contribution < 1.29 is 9.53 Å².